The molecule has 0 radical (unpaired) electrons. The molecular formula is C20H21N3O3. The molecular weight excluding hydrogens is 330 g/mol. The molecule has 0 aliphatic heterocycles. The summed E-state index contributed by atoms with van der Waals surface area (Å²) in [5.41, 5.74) is 9.22. The van der Waals surface area contributed by atoms with E-state index in [1.165, 1.54) is 6.20 Å². The van der Waals surface area contributed by atoms with Gasteiger partial charge in [-0.05, 0) is 24.1 Å². The number of aromatic nitrogens is 1. The van der Waals surface area contributed by atoms with E-state index in [2.05, 4.69) is 17.2 Å². The molecule has 6 nitrogen and oxygen atoms in total. The van der Waals surface area contributed by atoms with E-state index in [9.17, 15) is 4.79 Å². The van der Waals surface area contributed by atoms with Crippen LogP contribution in [-0.2, 0) is 6.42 Å². The molecule has 0 bridgehead atoms. The van der Waals surface area contributed by atoms with Gasteiger partial charge in [-0.2, -0.15) is 0 Å². The summed E-state index contributed by atoms with van der Waals surface area (Å²) in [5.74, 6) is 0.570. The highest BCUT2D eigenvalue weighted by atomic mass is 16.5. The van der Waals surface area contributed by atoms with E-state index in [-0.39, 0.29) is 0 Å². The van der Waals surface area contributed by atoms with Crippen LogP contribution in [-0.4, -0.2) is 25.1 Å². The zero-order valence-corrected chi connectivity index (χ0v) is 15.0. The molecule has 0 aliphatic rings. The second kappa shape index (κ2) is 7.31. The number of nitrogens with one attached hydrogen (secondary N) is 1. The maximum absolute atomic E-state index is 12.0. The van der Waals surface area contributed by atoms with Crippen molar-refractivity contribution < 1.29 is 14.3 Å². The zero-order chi connectivity index (χ0) is 18.7. The number of hydrogen-bond donors (Lipinski definition) is 2. The molecule has 26 heavy (non-hydrogen) atoms. The number of benzene rings is 2. The summed E-state index contributed by atoms with van der Waals surface area (Å²) in [5, 5.41) is 4.09. The largest absolute Gasteiger partial charge is 0.493 e. The molecule has 1 heterocycles. The van der Waals surface area contributed by atoms with Gasteiger partial charge in [0.2, 0.25) is 0 Å². The Morgan fingerprint density at radius 2 is 1.85 bits per heavy atom. The lowest BCUT2D eigenvalue weighted by Crippen LogP contribution is -2.14. The lowest BCUT2D eigenvalue weighted by Gasteiger charge is -2.17. The summed E-state index contributed by atoms with van der Waals surface area (Å²) in [6.45, 7) is 2.08. The number of methoxy groups -OCH3 is 2. The number of rotatable bonds is 6. The van der Waals surface area contributed by atoms with Crippen LogP contribution < -0.4 is 20.5 Å². The minimum atomic E-state index is -0.550. The summed E-state index contributed by atoms with van der Waals surface area (Å²) in [4.78, 5) is 16.3. The minimum absolute atomic E-state index is 0.315. The van der Waals surface area contributed by atoms with Crippen molar-refractivity contribution in [2.45, 2.75) is 13.3 Å². The van der Waals surface area contributed by atoms with Gasteiger partial charge in [0.25, 0.3) is 5.91 Å². The Hall–Kier alpha value is -3.28. The number of amides is 1. The maximum Gasteiger partial charge on any atom is 0.252 e. The first-order chi connectivity index (χ1) is 12.6. The van der Waals surface area contributed by atoms with Crippen LogP contribution in [0.25, 0.3) is 10.9 Å². The zero-order valence-electron chi connectivity index (χ0n) is 15.0. The highest BCUT2D eigenvalue weighted by Gasteiger charge is 2.17. The topological polar surface area (TPSA) is 86.5 Å². The van der Waals surface area contributed by atoms with Crippen LogP contribution in [0.5, 0.6) is 11.5 Å². The first kappa shape index (κ1) is 17.5. The van der Waals surface area contributed by atoms with Gasteiger partial charge in [0.15, 0.2) is 11.5 Å². The Bertz CT molecular complexity index is 970. The summed E-state index contributed by atoms with van der Waals surface area (Å²) >= 11 is 0. The molecule has 3 rings (SSSR count). The molecule has 0 fully saturated rings. The third-order valence-corrected chi connectivity index (χ3v) is 4.30. The van der Waals surface area contributed by atoms with Crippen LogP contribution in [0, 0.1) is 0 Å². The van der Waals surface area contributed by atoms with E-state index < -0.39 is 5.91 Å². The van der Waals surface area contributed by atoms with E-state index in [4.69, 9.17) is 15.2 Å². The van der Waals surface area contributed by atoms with Crippen molar-refractivity contribution in [3.8, 4) is 11.5 Å². The monoisotopic (exact) mass is 351 g/mol. The fourth-order valence-electron chi connectivity index (χ4n) is 2.93. The number of pyridine rings is 1. The van der Waals surface area contributed by atoms with Gasteiger partial charge in [0.05, 0.1) is 31.0 Å². The fourth-order valence-corrected chi connectivity index (χ4v) is 2.93. The van der Waals surface area contributed by atoms with Crippen molar-refractivity contribution >= 4 is 28.2 Å². The SMILES string of the molecule is CCc1ccccc1Nc1c(C(N)=O)cnc2cc(OC)c(OC)cc12. The summed E-state index contributed by atoms with van der Waals surface area (Å²) in [6, 6.07) is 11.5. The second-order valence-electron chi connectivity index (χ2n) is 5.77. The molecule has 0 saturated heterocycles. The van der Waals surface area contributed by atoms with Crippen LogP contribution >= 0.6 is 0 Å². The molecule has 1 amide bonds. The number of fused-ring (bicyclic) bond motifs is 1. The van der Waals surface area contributed by atoms with Gasteiger partial charge >= 0.3 is 0 Å². The number of carbonyl (C=O) groups excluding carboxylic acids is 1. The molecule has 0 saturated carbocycles. The minimum Gasteiger partial charge on any atom is -0.493 e. The molecule has 0 aliphatic carbocycles. The van der Waals surface area contributed by atoms with Crippen LogP contribution in [0.1, 0.15) is 22.8 Å². The predicted octanol–water partition coefficient (Wildman–Crippen LogP) is 3.66. The van der Waals surface area contributed by atoms with Crippen LogP contribution in [0.2, 0.25) is 0 Å². The van der Waals surface area contributed by atoms with Crippen molar-refractivity contribution in [3.05, 3.63) is 53.7 Å². The number of anilines is 2. The number of hydrogen-bond acceptors (Lipinski definition) is 5. The standard InChI is InChI=1S/C20H21N3O3/c1-4-12-7-5-6-8-15(12)23-19-13-9-17(25-2)18(26-3)10-16(13)22-11-14(19)20(21)24/h5-11H,4H2,1-3H3,(H2,21,24)(H,22,23). The van der Waals surface area contributed by atoms with Gasteiger partial charge in [-0.3, -0.25) is 9.78 Å². The summed E-state index contributed by atoms with van der Waals surface area (Å²) < 4.78 is 10.7. The second-order valence-corrected chi connectivity index (χ2v) is 5.77. The average molecular weight is 351 g/mol. The van der Waals surface area contributed by atoms with Crippen LogP contribution in [0.4, 0.5) is 11.4 Å². The van der Waals surface area contributed by atoms with Crippen molar-refractivity contribution in [1.82, 2.24) is 4.98 Å². The van der Waals surface area contributed by atoms with Gasteiger partial charge in [-0.15, -0.1) is 0 Å². The Labute approximate surface area is 151 Å². The van der Waals surface area contributed by atoms with Crippen molar-refractivity contribution in [2.24, 2.45) is 5.73 Å². The number of carbonyl (C=O) groups is 1. The Morgan fingerprint density at radius 1 is 1.15 bits per heavy atom. The molecule has 1 aromatic heterocycles. The highest BCUT2D eigenvalue weighted by molar-refractivity contribution is 6.08. The molecule has 3 aromatic rings. The van der Waals surface area contributed by atoms with E-state index in [1.54, 1.807) is 26.4 Å². The number of primary amides is 1. The number of nitrogens with zero attached hydrogens (tertiary/aromatic N) is 1. The predicted molar refractivity (Wildman–Crippen MR) is 102 cm³/mol. The first-order valence-corrected chi connectivity index (χ1v) is 8.28. The third kappa shape index (κ3) is 3.13. The molecule has 0 spiro atoms. The Kier molecular flexibility index (Phi) is 4.93. The molecule has 0 atom stereocenters. The molecule has 134 valence electrons. The van der Waals surface area contributed by atoms with Gasteiger partial charge in [0.1, 0.15) is 0 Å². The van der Waals surface area contributed by atoms with Crippen molar-refractivity contribution in [2.75, 3.05) is 19.5 Å². The number of para-hydroxylation sites is 1. The smallest absolute Gasteiger partial charge is 0.252 e. The normalized spacial score (nSPS) is 10.6. The van der Waals surface area contributed by atoms with Gasteiger partial charge in [0, 0.05) is 23.3 Å². The average Bonchev–Trinajstić information content (AvgIpc) is 2.67. The van der Waals surface area contributed by atoms with Gasteiger partial charge in [-0.25, -0.2) is 0 Å². The Morgan fingerprint density at radius 3 is 2.50 bits per heavy atom. The van der Waals surface area contributed by atoms with E-state index in [0.29, 0.717) is 28.3 Å². The molecule has 6 heteroatoms. The third-order valence-electron chi connectivity index (χ3n) is 4.30. The molecule has 0 unspecified atom stereocenters. The van der Waals surface area contributed by atoms with Gasteiger partial charge < -0.3 is 20.5 Å². The van der Waals surface area contributed by atoms with Crippen LogP contribution in [0.3, 0.4) is 0 Å². The van der Waals surface area contributed by atoms with E-state index in [0.717, 1.165) is 23.1 Å². The van der Waals surface area contributed by atoms with E-state index >= 15 is 0 Å². The lowest BCUT2D eigenvalue weighted by molar-refractivity contribution is 0.100. The lowest BCUT2D eigenvalue weighted by atomic mass is 10.1. The summed E-state index contributed by atoms with van der Waals surface area (Å²) in [7, 11) is 3.13. The highest BCUT2D eigenvalue weighted by Crippen LogP contribution is 2.37. The molecule has 3 N–H and O–H groups in total. The fraction of sp³-hybridized carbons (Fsp3) is 0.200. The number of aryl methyl sites for hydroxylation is 1. The maximum atomic E-state index is 12.0. The van der Waals surface area contributed by atoms with Crippen molar-refractivity contribution in [1.29, 1.82) is 0 Å². The van der Waals surface area contributed by atoms with Gasteiger partial charge in [-0.1, -0.05) is 25.1 Å². The molecule has 2 aromatic carbocycles. The first-order valence-electron chi connectivity index (χ1n) is 8.28. The quantitative estimate of drug-likeness (QED) is 0.708. The Balaban J connectivity index is 2.26. The van der Waals surface area contributed by atoms with Crippen LogP contribution in [0.15, 0.2) is 42.6 Å². The summed E-state index contributed by atoms with van der Waals surface area (Å²) in [6.07, 6.45) is 2.34. The number of ether oxygens (including phenoxy) is 2. The van der Waals surface area contributed by atoms with Crippen molar-refractivity contribution in [3.63, 3.8) is 0 Å². The number of nitrogens with two attached hydrogens (primary N) is 1. The van der Waals surface area contributed by atoms with E-state index in [1.807, 2.05) is 24.3 Å².